The van der Waals surface area contributed by atoms with Crippen LogP contribution in [0, 0.1) is 5.92 Å². The number of benzene rings is 1. The molecule has 9 heteroatoms. The summed E-state index contributed by atoms with van der Waals surface area (Å²) < 4.78 is 31.9. The number of methoxy groups -OCH3 is 1. The number of piperazine rings is 1. The van der Waals surface area contributed by atoms with Crippen LogP contribution in [0.3, 0.4) is 0 Å². The second-order valence-electron chi connectivity index (χ2n) is 6.64. The zero-order chi connectivity index (χ0) is 18.6. The molecule has 1 aliphatic heterocycles. The van der Waals surface area contributed by atoms with E-state index in [1.165, 1.54) is 23.5 Å². The van der Waals surface area contributed by atoms with Gasteiger partial charge in [-0.25, -0.2) is 8.42 Å². The average Bonchev–Trinajstić information content (AvgIpc) is 2.60. The Kier molecular flexibility index (Phi) is 8.33. The molecule has 0 radical (unpaired) electrons. The first-order valence-electron chi connectivity index (χ1n) is 8.44. The first-order chi connectivity index (χ1) is 11.8. The van der Waals surface area contributed by atoms with Gasteiger partial charge in [0.2, 0.25) is 15.9 Å². The molecule has 1 saturated heterocycles. The molecule has 1 amide bonds. The van der Waals surface area contributed by atoms with Crippen LogP contribution in [0.5, 0.6) is 5.75 Å². The molecule has 0 unspecified atom stereocenters. The highest BCUT2D eigenvalue weighted by atomic mass is 35.5. The Morgan fingerprint density at radius 3 is 2.15 bits per heavy atom. The second-order valence-corrected chi connectivity index (χ2v) is 8.58. The van der Waals surface area contributed by atoms with Crippen LogP contribution in [0.15, 0.2) is 29.2 Å². The number of hydrogen-bond donors (Lipinski definition) is 1. The third-order valence-electron chi connectivity index (χ3n) is 4.29. The van der Waals surface area contributed by atoms with Gasteiger partial charge in [-0.2, -0.15) is 4.31 Å². The van der Waals surface area contributed by atoms with E-state index in [1.807, 2.05) is 13.8 Å². The maximum Gasteiger partial charge on any atom is 0.243 e. The van der Waals surface area contributed by atoms with Crippen molar-refractivity contribution in [1.82, 2.24) is 9.21 Å². The van der Waals surface area contributed by atoms with Gasteiger partial charge in [-0.05, 0) is 36.6 Å². The van der Waals surface area contributed by atoms with Crippen molar-refractivity contribution in [3.8, 4) is 5.75 Å². The fourth-order valence-corrected chi connectivity index (χ4v) is 4.31. The molecule has 26 heavy (non-hydrogen) atoms. The number of nitrogens with zero attached hydrogens (tertiary/aromatic N) is 2. The van der Waals surface area contributed by atoms with Crippen molar-refractivity contribution in [2.75, 3.05) is 33.3 Å². The van der Waals surface area contributed by atoms with Gasteiger partial charge in [0.15, 0.2) is 0 Å². The van der Waals surface area contributed by atoms with Gasteiger partial charge in [-0.15, -0.1) is 12.4 Å². The molecule has 0 saturated carbocycles. The fraction of sp³-hybridized carbons (Fsp3) is 0.588. The third-order valence-corrected chi connectivity index (χ3v) is 6.20. The summed E-state index contributed by atoms with van der Waals surface area (Å²) in [6, 6.07) is 5.79. The lowest BCUT2D eigenvalue weighted by molar-refractivity contribution is -0.134. The van der Waals surface area contributed by atoms with Crippen LogP contribution in [-0.2, 0) is 14.8 Å². The molecule has 1 heterocycles. The number of sulfonamides is 1. The van der Waals surface area contributed by atoms with E-state index in [1.54, 1.807) is 17.0 Å². The van der Waals surface area contributed by atoms with Gasteiger partial charge in [0, 0.05) is 26.2 Å². The number of hydrogen-bond acceptors (Lipinski definition) is 5. The quantitative estimate of drug-likeness (QED) is 0.770. The van der Waals surface area contributed by atoms with Crippen LogP contribution in [-0.4, -0.2) is 62.9 Å². The van der Waals surface area contributed by atoms with Gasteiger partial charge >= 0.3 is 0 Å². The molecule has 2 N–H and O–H groups in total. The molecule has 7 nitrogen and oxygen atoms in total. The normalized spacial score (nSPS) is 16.9. The minimum absolute atomic E-state index is 0. The summed E-state index contributed by atoms with van der Waals surface area (Å²) in [4.78, 5) is 14.2. The van der Waals surface area contributed by atoms with E-state index in [0.717, 1.165) is 0 Å². The highest BCUT2D eigenvalue weighted by Crippen LogP contribution is 2.21. The van der Waals surface area contributed by atoms with Crippen molar-refractivity contribution in [2.24, 2.45) is 11.7 Å². The van der Waals surface area contributed by atoms with Gasteiger partial charge < -0.3 is 15.4 Å². The van der Waals surface area contributed by atoms with Crippen molar-refractivity contribution in [3.63, 3.8) is 0 Å². The Labute approximate surface area is 161 Å². The number of nitrogens with two attached hydrogens (primary N) is 1. The van der Waals surface area contributed by atoms with Crippen LogP contribution in [0.1, 0.15) is 20.3 Å². The fourth-order valence-electron chi connectivity index (χ4n) is 2.89. The summed E-state index contributed by atoms with van der Waals surface area (Å²) in [6.07, 6.45) is 0.628. The predicted molar refractivity (Wildman–Crippen MR) is 103 cm³/mol. The molecule has 0 aromatic heterocycles. The number of ether oxygens (including phenoxy) is 1. The Hall–Kier alpha value is -1.35. The molecule has 2 rings (SSSR count). The number of amides is 1. The minimum Gasteiger partial charge on any atom is -0.497 e. The molecule has 1 aliphatic rings. The van der Waals surface area contributed by atoms with Crippen LogP contribution in [0.25, 0.3) is 0 Å². The van der Waals surface area contributed by atoms with Crippen LogP contribution >= 0.6 is 12.4 Å². The molecule has 1 aromatic rings. The summed E-state index contributed by atoms with van der Waals surface area (Å²) in [7, 11) is -2.04. The molecule has 1 fully saturated rings. The van der Waals surface area contributed by atoms with Crippen LogP contribution in [0.4, 0.5) is 0 Å². The largest absolute Gasteiger partial charge is 0.497 e. The summed E-state index contributed by atoms with van der Waals surface area (Å²) in [5, 5.41) is 0. The van der Waals surface area contributed by atoms with E-state index >= 15 is 0 Å². The number of carbonyl (C=O) groups excluding carboxylic acids is 1. The highest BCUT2D eigenvalue weighted by molar-refractivity contribution is 7.89. The van der Waals surface area contributed by atoms with Gasteiger partial charge in [0.1, 0.15) is 5.75 Å². The Bertz CT molecular complexity index is 686. The lowest BCUT2D eigenvalue weighted by Crippen LogP contribution is -2.54. The van der Waals surface area contributed by atoms with Crippen molar-refractivity contribution in [3.05, 3.63) is 24.3 Å². The lowest BCUT2D eigenvalue weighted by Gasteiger charge is -2.35. The Morgan fingerprint density at radius 2 is 1.69 bits per heavy atom. The summed E-state index contributed by atoms with van der Waals surface area (Å²) in [6.45, 7) is 5.31. The number of carbonyl (C=O) groups is 1. The van der Waals surface area contributed by atoms with E-state index in [0.29, 0.717) is 31.2 Å². The Balaban J connectivity index is 0.00000338. The van der Waals surface area contributed by atoms with E-state index in [-0.39, 0.29) is 36.3 Å². The highest BCUT2D eigenvalue weighted by Gasteiger charge is 2.31. The molecular weight excluding hydrogens is 378 g/mol. The smallest absolute Gasteiger partial charge is 0.243 e. The monoisotopic (exact) mass is 405 g/mol. The van der Waals surface area contributed by atoms with Gasteiger partial charge in [-0.3, -0.25) is 4.79 Å². The summed E-state index contributed by atoms with van der Waals surface area (Å²) >= 11 is 0. The van der Waals surface area contributed by atoms with Gasteiger partial charge in [-0.1, -0.05) is 13.8 Å². The SMILES string of the molecule is COc1ccc(S(=O)(=O)N2CCN(C(=O)[C@@H](N)CC(C)C)CC2)cc1.Cl. The van der Waals surface area contributed by atoms with Crippen molar-refractivity contribution >= 4 is 28.3 Å². The standard InChI is InChI=1S/C17H27N3O4S.ClH/c1-13(2)12-16(18)17(21)19-8-10-20(11-9-19)25(22,23)15-6-4-14(24-3)5-7-15;/h4-7,13,16H,8-12,18H2,1-3H3;1H/t16-;/m0./s1. The van der Waals surface area contributed by atoms with Crippen molar-refractivity contribution in [2.45, 2.75) is 31.2 Å². The topological polar surface area (TPSA) is 92.9 Å². The second kappa shape index (κ2) is 9.55. The number of halogens is 1. The predicted octanol–water partition coefficient (Wildman–Crippen LogP) is 1.32. The van der Waals surface area contributed by atoms with E-state index in [4.69, 9.17) is 10.5 Å². The summed E-state index contributed by atoms with van der Waals surface area (Å²) in [5.41, 5.74) is 5.95. The molecule has 0 aliphatic carbocycles. The van der Waals surface area contributed by atoms with Crippen LogP contribution in [0.2, 0.25) is 0 Å². The molecule has 1 atom stereocenters. The first-order valence-corrected chi connectivity index (χ1v) is 9.88. The lowest BCUT2D eigenvalue weighted by atomic mass is 10.0. The first kappa shape index (κ1) is 22.7. The van der Waals surface area contributed by atoms with Crippen molar-refractivity contribution in [1.29, 1.82) is 0 Å². The third kappa shape index (κ3) is 5.33. The molecule has 148 valence electrons. The minimum atomic E-state index is -3.57. The maximum atomic E-state index is 12.7. The zero-order valence-electron chi connectivity index (χ0n) is 15.4. The zero-order valence-corrected chi connectivity index (χ0v) is 17.1. The maximum absolute atomic E-state index is 12.7. The Morgan fingerprint density at radius 1 is 1.15 bits per heavy atom. The van der Waals surface area contributed by atoms with Gasteiger partial charge in [0.25, 0.3) is 0 Å². The average molecular weight is 406 g/mol. The van der Waals surface area contributed by atoms with Gasteiger partial charge in [0.05, 0.1) is 18.0 Å². The molecule has 0 spiro atoms. The summed E-state index contributed by atoms with van der Waals surface area (Å²) in [5.74, 6) is 0.847. The molecular formula is C17H28ClN3O4S. The molecule has 0 bridgehead atoms. The number of rotatable bonds is 6. The van der Waals surface area contributed by atoms with E-state index < -0.39 is 16.1 Å². The van der Waals surface area contributed by atoms with Crippen LogP contribution < -0.4 is 10.5 Å². The molecule has 1 aromatic carbocycles. The van der Waals surface area contributed by atoms with E-state index in [2.05, 4.69) is 0 Å². The van der Waals surface area contributed by atoms with Crippen molar-refractivity contribution < 1.29 is 17.9 Å². The van der Waals surface area contributed by atoms with E-state index in [9.17, 15) is 13.2 Å².